The first kappa shape index (κ1) is 20.2. The first-order valence-electron chi connectivity index (χ1n) is 11.9. The van der Waals surface area contributed by atoms with E-state index in [1.54, 1.807) is 6.92 Å². The number of piperidine rings is 1. The van der Waals surface area contributed by atoms with E-state index < -0.39 is 0 Å². The Bertz CT molecular complexity index is 1280. The summed E-state index contributed by atoms with van der Waals surface area (Å²) in [5, 5.41) is 5.24. The summed E-state index contributed by atoms with van der Waals surface area (Å²) in [5.41, 5.74) is 6.09. The van der Waals surface area contributed by atoms with Crippen molar-refractivity contribution in [1.29, 1.82) is 0 Å². The third-order valence-electron chi connectivity index (χ3n) is 7.41. The Labute approximate surface area is 193 Å². The molecule has 0 saturated carbocycles. The van der Waals surface area contributed by atoms with Crippen molar-refractivity contribution >= 4 is 16.8 Å². The average molecular weight is 440 g/mol. The fraction of sp³-hybridized carbons (Fsp3) is 0.333. The van der Waals surface area contributed by atoms with Gasteiger partial charge in [0.2, 0.25) is 5.91 Å². The highest BCUT2D eigenvalue weighted by Crippen LogP contribution is 2.41. The zero-order valence-electron chi connectivity index (χ0n) is 18.8. The fourth-order valence-electron chi connectivity index (χ4n) is 5.64. The lowest BCUT2D eigenvalue weighted by molar-refractivity contribution is -0.130. The van der Waals surface area contributed by atoms with Gasteiger partial charge in [-0.3, -0.25) is 10.1 Å². The number of aromatic amines is 2. The Morgan fingerprint density at radius 1 is 1.00 bits per heavy atom. The second-order valence-electron chi connectivity index (χ2n) is 9.36. The molecule has 1 unspecified atom stereocenters. The van der Waals surface area contributed by atoms with Gasteiger partial charge < -0.3 is 14.9 Å². The van der Waals surface area contributed by atoms with Crippen LogP contribution < -0.4 is 5.32 Å². The first-order chi connectivity index (χ1) is 16.2. The van der Waals surface area contributed by atoms with Crippen molar-refractivity contribution in [2.24, 2.45) is 5.92 Å². The Balaban J connectivity index is 1.35. The summed E-state index contributed by atoms with van der Waals surface area (Å²) in [5.74, 6) is 1.63. The van der Waals surface area contributed by atoms with Crippen LogP contribution in [0.4, 0.5) is 0 Å². The van der Waals surface area contributed by atoms with Gasteiger partial charge in [0.15, 0.2) is 0 Å². The van der Waals surface area contributed by atoms with Crippen molar-refractivity contribution in [3.63, 3.8) is 0 Å². The van der Waals surface area contributed by atoms with Gasteiger partial charge in [-0.2, -0.15) is 0 Å². The SMILES string of the molecule is CC(=O)N1CCC(C2N[C@@H](c3ncc(-c4ccccc4)[nH]3)Cc3c2[nH]c2ccccc32)CC1. The van der Waals surface area contributed by atoms with Gasteiger partial charge in [0.1, 0.15) is 5.82 Å². The van der Waals surface area contributed by atoms with Crippen LogP contribution in [-0.4, -0.2) is 38.8 Å². The molecule has 0 radical (unpaired) electrons. The van der Waals surface area contributed by atoms with E-state index in [2.05, 4.69) is 63.8 Å². The van der Waals surface area contributed by atoms with E-state index in [9.17, 15) is 4.79 Å². The topological polar surface area (TPSA) is 76.8 Å². The van der Waals surface area contributed by atoms with Crippen molar-refractivity contribution in [3.05, 3.63) is 77.9 Å². The number of likely N-dealkylation sites (tertiary alicyclic amines) is 1. The van der Waals surface area contributed by atoms with Gasteiger partial charge in [0, 0.05) is 36.6 Å². The molecule has 33 heavy (non-hydrogen) atoms. The number of benzene rings is 2. The molecule has 4 heterocycles. The Kier molecular flexibility index (Phi) is 5.03. The maximum atomic E-state index is 11.8. The second-order valence-corrected chi connectivity index (χ2v) is 9.36. The van der Waals surface area contributed by atoms with Gasteiger partial charge in [0.25, 0.3) is 0 Å². The van der Waals surface area contributed by atoms with Gasteiger partial charge in [-0.1, -0.05) is 48.5 Å². The van der Waals surface area contributed by atoms with Crippen LogP contribution in [0.5, 0.6) is 0 Å². The van der Waals surface area contributed by atoms with Crippen LogP contribution in [0.15, 0.2) is 60.8 Å². The van der Waals surface area contributed by atoms with Crippen molar-refractivity contribution in [2.45, 2.75) is 38.3 Å². The summed E-state index contributed by atoms with van der Waals surface area (Å²) in [4.78, 5) is 25.9. The van der Waals surface area contributed by atoms with E-state index in [-0.39, 0.29) is 18.0 Å². The molecule has 2 aliphatic rings. The maximum Gasteiger partial charge on any atom is 0.219 e. The number of nitrogens with zero attached hydrogens (tertiary/aromatic N) is 2. The molecule has 2 aliphatic heterocycles. The van der Waals surface area contributed by atoms with E-state index in [4.69, 9.17) is 4.98 Å². The minimum Gasteiger partial charge on any atom is -0.357 e. The number of para-hydroxylation sites is 1. The summed E-state index contributed by atoms with van der Waals surface area (Å²) in [7, 11) is 0. The second kappa shape index (κ2) is 8.19. The van der Waals surface area contributed by atoms with Crippen LogP contribution in [-0.2, 0) is 11.2 Å². The fourth-order valence-corrected chi connectivity index (χ4v) is 5.64. The van der Waals surface area contributed by atoms with Crippen LogP contribution in [0.1, 0.15) is 48.9 Å². The monoisotopic (exact) mass is 439 g/mol. The molecule has 2 aromatic heterocycles. The van der Waals surface area contributed by atoms with Gasteiger partial charge in [0.05, 0.1) is 24.0 Å². The predicted molar refractivity (Wildman–Crippen MR) is 130 cm³/mol. The first-order valence-corrected chi connectivity index (χ1v) is 11.9. The van der Waals surface area contributed by atoms with Crippen molar-refractivity contribution in [1.82, 2.24) is 25.2 Å². The largest absolute Gasteiger partial charge is 0.357 e. The van der Waals surface area contributed by atoms with E-state index in [0.717, 1.165) is 49.4 Å². The quantitative estimate of drug-likeness (QED) is 0.431. The molecule has 2 atom stereocenters. The highest BCUT2D eigenvalue weighted by Gasteiger charge is 2.37. The number of amides is 1. The molecule has 1 saturated heterocycles. The molecule has 6 nitrogen and oxygen atoms in total. The Morgan fingerprint density at radius 2 is 1.76 bits per heavy atom. The number of nitrogens with one attached hydrogen (secondary N) is 3. The minimum absolute atomic E-state index is 0.116. The number of aromatic nitrogens is 3. The Morgan fingerprint density at radius 3 is 2.55 bits per heavy atom. The van der Waals surface area contributed by atoms with E-state index in [1.165, 1.54) is 22.2 Å². The summed E-state index contributed by atoms with van der Waals surface area (Å²) in [6.07, 6.45) is 4.85. The normalized spacial score (nSPS) is 21.3. The Hall–Kier alpha value is -3.38. The standard InChI is InChI=1S/C27H29N5O/c1-17(33)32-13-11-19(12-14-32)25-26-21(20-9-5-6-10-22(20)29-26)15-23(30-25)27-28-16-24(31-27)18-7-3-2-4-8-18/h2-10,16,19,23,25,29-30H,11-15H2,1H3,(H,28,31)/t23-,25?/m1/s1. The summed E-state index contributed by atoms with van der Waals surface area (Å²) in [6.45, 7) is 3.33. The molecular weight excluding hydrogens is 410 g/mol. The number of carbonyl (C=O) groups is 1. The molecule has 1 fully saturated rings. The number of rotatable bonds is 3. The number of fused-ring (bicyclic) bond motifs is 3. The van der Waals surface area contributed by atoms with Gasteiger partial charge in [-0.05, 0) is 42.4 Å². The molecule has 1 amide bonds. The number of imidazole rings is 1. The molecule has 0 spiro atoms. The van der Waals surface area contributed by atoms with Gasteiger partial charge in [-0.25, -0.2) is 4.98 Å². The molecular formula is C27H29N5O. The highest BCUT2D eigenvalue weighted by molar-refractivity contribution is 5.85. The van der Waals surface area contributed by atoms with E-state index in [0.29, 0.717) is 5.92 Å². The number of carbonyl (C=O) groups excluding carboxylic acids is 1. The molecule has 3 N–H and O–H groups in total. The lowest BCUT2D eigenvalue weighted by Gasteiger charge is -2.40. The van der Waals surface area contributed by atoms with Crippen molar-refractivity contribution in [3.8, 4) is 11.3 Å². The van der Waals surface area contributed by atoms with E-state index >= 15 is 0 Å². The van der Waals surface area contributed by atoms with E-state index in [1.807, 2.05) is 17.2 Å². The molecule has 4 aromatic rings. The number of hydrogen-bond donors (Lipinski definition) is 3. The van der Waals surface area contributed by atoms with Gasteiger partial charge in [-0.15, -0.1) is 0 Å². The lowest BCUT2D eigenvalue weighted by Crippen LogP contribution is -2.44. The van der Waals surface area contributed by atoms with Crippen molar-refractivity contribution < 1.29 is 4.79 Å². The zero-order valence-corrected chi connectivity index (χ0v) is 18.8. The summed E-state index contributed by atoms with van der Waals surface area (Å²) >= 11 is 0. The van der Waals surface area contributed by atoms with Crippen LogP contribution in [0, 0.1) is 5.92 Å². The summed E-state index contributed by atoms with van der Waals surface area (Å²) in [6, 6.07) is 19.3. The number of hydrogen-bond acceptors (Lipinski definition) is 3. The zero-order chi connectivity index (χ0) is 22.4. The van der Waals surface area contributed by atoms with Crippen LogP contribution >= 0.6 is 0 Å². The lowest BCUT2D eigenvalue weighted by atomic mass is 9.82. The maximum absolute atomic E-state index is 11.8. The van der Waals surface area contributed by atoms with Crippen LogP contribution in [0.2, 0.25) is 0 Å². The van der Waals surface area contributed by atoms with Gasteiger partial charge >= 0.3 is 0 Å². The smallest absolute Gasteiger partial charge is 0.219 e. The molecule has 6 rings (SSSR count). The van der Waals surface area contributed by atoms with Crippen LogP contribution in [0.25, 0.3) is 22.2 Å². The predicted octanol–water partition coefficient (Wildman–Crippen LogP) is 4.74. The number of H-pyrrole nitrogens is 2. The molecule has 168 valence electrons. The third-order valence-corrected chi connectivity index (χ3v) is 7.41. The minimum atomic E-state index is 0.116. The third kappa shape index (κ3) is 3.64. The van der Waals surface area contributed by atoms with Crippen molar-refractivity contribution in [2.75, 3.05) is 13.1 Å². The highest BCUT2D eigenvalue weighted by atomic mass is 16.2. The van der Waals surface area contributed by atoms with Crippen LogP contribution in [0.3, 0.4) is 0 Å². The molecule has 0 bridgehead atoms. The summed E-state index contributed by atoms with van der Waals surface area (Å²) < 4.78 is 0. The molecule has 6 heteroatoms. The molecule has 0 aliphatic carbocycles. The average Bonchev–Trinajstić information content (AvgIpc) is 3.49. The molecule has 2 aromatic carbocycles.